The second-order valence-corrected chi connectivity index (χ2v) is 6.85. The van der Waals surface area contributed by atoms with Gasteiger partial charge in [-0.1, -0.05) is 26.8 Å². The fourth-order valence-corrected chi connectivity index (χ4v) is 2.64. The van der Waals surface area contributed by atoms with Gasteiger partial charge in [-0.3, -0.25) is 14.4 Å². The molecule has 0 aromatic rings. The molecule has 0 heterocycles. The monoisotopic (exact) mass is 354 g/mol. The molecule has 0 aliphatic carbocycles. The van der Waals surface area contributed by atoms with E-state index in [1.54, 1.807) is 25.9 Å². The van der Waals surface area contributed by atoms with Crippen LogP contribution in [0.25, 0.3) is 0 Å². The number of carbonyl (C=O) groups is 3. The Hall–Kier alpha value is -1.85. The Kier molecular flexibility index (Phi) is 10.1. The molecule has 0 radical (unpaired) electrons. The minimum absolute atomic E-state index is 0.0598. The molecule has 0 aliphatic rings. The van der Waals surface area contributed by atoms with Crippen molar-refractivity contribution in [1.82, 2.24) is 9.80 Å². The van der Waals surface area contributed by atoms with Crippen LogP contribution >= 0.6 is 0 Å². The minimum Gasteiger partial charge on any atom is -0.465 e. The maximum atomic E-state index is 12.5. The highest BCUT2D eigenvalue weighted by Gasteiger charge is 2.33. The van der Waals surface area contributed by atoms with Crippen molar-refractivity contribution in [2.24, 2.45) is 0 Å². The first-order valence-corrected chi connectivity index (χ1v) is 8.92. The van der Waals surface area contributed by atoms with Crippen LogP contribution in [0.15, 0.2) is 12.2 Å². The number of amides is 2. The Morgan fingerprint density at radius 3 is 2.16 bits per heavy atom. The number of hydrogen-bond donors (Lipinski definition) is 0. The molecule has 0 aromatic heterocycles. The number of hydrogen-bond acceptors (Lipinski definition) is 4. The Labute approximate surface area is 152 Å². The molecule has 2 amide bonds. The number of nitrogens with zero attached hydrogens (tertiary/aromatic N) is 2. The van der Waals surface area contributed by atoms with Gasteiger partial charge in [-0.2, -0.15) is 0 Å². The number of ether oxygens (including phenoxy) is 1. The van der Waals surface area contributed by atoms with Crippen molar-refractivity contribution >= 4 is 17.8 Å². The van der Waals surface area contributed by atoms with Crippen LogP contribution in [0.5, 0.6) is 0 Å². The molecule has 6 heteroatoms. The lowest BCUT2D eigenvalue weighted by Gasteiger charge is -2.41. The van der Waals surface area contributed by atoms with E-state index >= 15 is 0 Å². The van der Waals surface area contributed by atoms with E-state index in [1.807, 2.05) is 13.8 Å². The van der Waals surface area contributed by atoms with E-state index in [9.17, 15) is 14.4 Å². The molecular formula is C19H34N2O4. The van der Waals surface area contributed by atoms with Crippen LogP contribution < -0.4 is 0 Å². The summed E-state index contributed by atoms with van der Waals surface area (Å²) in [6, 6.07) is 0. The predicted molar refractivity (Wildman–Crippen MR) is 99.0 cm³/mol. The van der Waals surface area contributed by atoms with Gasteiger partial charge in [0.1, 0.15) is 6.61 Å². The minimum atomic E-state index is -0.402. The summed E-state index contributed by atoms with van der Waals surface area (Å²) in [5.41, 5.74) is 0.145. The largest absolute Gasteiger partial charge is 0.465 e. The highest BCUT2D eigenvalue weighted by molar-refractivity contribution is 5.93. The summed E-state index contributed by atoms with van der Waals surface area (Å²) < 4.78 is 5.11. The highest BCUT2D eigenvalue weighted by atomic mass is 16.5. The zero-order valence-corrected chi connectivity index (χ0v) is 16.7. The van der Waals surface area contributed by atoms with E-state index in [0.717, 1.165) is 19.3 Å². The smallest absolute Gasteiger partial charge is 0.307 e. The third-order valence-electron chi connectivity index (χ3n) is 4.43. The van der Waals surface area contributed by atoms with E-state index < -0.39 is 5.97 Å². The van der Waals surface area contributed by atoms with Crippen LogP contribution in [0.3, 0.4) is 0 Å². The molecule has 0 spiro atoms. The fourth-order valence-electron chi connectivity index (χ4n) is 2.64. The van der Waals surface area contributed by atoms with Gasteiger partial charge in [0.25, 0.3) is 0 Å². The molecule has 0 saturated carbocycles. The molecular weight excluding hydrogens is 320 g/mol. The molecule has 0 fully saturated rings. The van der Waals surface area contributed by atoms with E-state index in [-0.39, 0.29) is 43.3 Å². The molecule has 25 heavy (non-hydrogen) atoms. The third kappa shape index (κ3) is 7.71. The van der Waals surface area contributed by atoms with Crippen LogP contribution in [0.2, 0.25) is 0 Å². The van der Waals surface area contributed by atoms with Crippen molar-refractivity contribution in [2.45, 2.75) is 65.3 Å². The van der Waals surface area contributed by atoms with Gasteiger partial charge in [-0.15, -0.1) is 0 Å². The van der Waals surface area contributed by atoms with E-state index in [4.69, 9.17) is 4.74 Å². The molecule has 0 N–H and O–H groups in total. The van der Waals surface area contributed by atoms with Gasteiger partial charge in [-0.05, 0) is 26.7 Å². The van der Waals surface area contributed by atoms with Gasteiger partial charge in [-0.25, -0.2) is 0 Å². The van der Waals surface area contributed by atoms with Crippen LogP contribution in [0.4, 0.5) is 0 Å². The maximum absolute atomic E-state index is 12.5. The van der Waals surface area contributed by atoms with Gasteiger partial charge >= 0.3 is 5.97 Å². The first-order chi connectivity index (χ1) is 11.6. The molecule has 1 atom stereocenters. The summed E-state index contributed by atoms with van der Waals surface area (Å²) in [5.74, 6) is -0.622. The molecule has 0 aliphatic heterocycles. The summed E-state index contributed by atoms with van der Waals surface area (Å²) in [6.07, 6.45) is 2.87. The maximum Gasteiger partial charge on any atom is 0.307 e. The van der Waals surface area contributed by atoms with Crippen molar-refractivity contribution in [2.75, 3.05) is 27.2 Å². The molecule has 0 rings (SSSR count). The Bertz CT molecular complexity index is 488. The SMILES string of the molecule is C=C(C)C(=O)N(CCC(=O)OCCC(=O)N(C)C)C(C)(CC)CCC. The zero-order chi connectivity index (χ0) is 19.6. The topological polar surface area (TPSA) is 66.9 Å². The normalized spacial score (nSPS) is 12.9. The average Bonchev–Trinajstić information content (AvgIpc) is 2.54. The van der Waals surface area contributed by atoms with Crippen LogP contribution in [0.1, 0.15) is 59.8 Å². The highest BCUT2D eigenvalue weighted by Crippen LogP contribution is 2.27. The molecule has 1 unspecified atom stereocenters. The lowest BCUT2D eigenvalue weighted by molar-refractivity contribution is -0.146. The number of rotatable bonds is 11. The Balaban J connectivity index is 4.77. The van der Waals surface area contributed by atoms with Crippen molar-refractivity contribution in [3.05, 3.63) is 12.2 Å². The molecule has 0 bridgehead atoms. The van der Waals surface area contributed by atoms with Crippen molar-refractivity contribution in [3.63, 3.8) is 0 Å². The summed E-state index contributed by atoms with van der Waals surface area (Å²) in [5, 5.41) is 0. The quantitative estimate of drug-likeness (QED) is 0.423. The standard InChI is InChI=1S/C19H34N2O4/c1-8-12-19(5,9-2)21(18(24)15(3)4)13-10-17(23)25-14-11-16(22)20(6)7/h3,8-14H2,1-2,4-7H3. The first-order valence-electron chi connectivity index (χ1n) is 8.92. The van der Waals surface area contributed by atoms with E-state index in [1.165, 1.54) is 4.90 Å². The van der Waals surface area contributed by atoms with Crippen molar-refractivity contribution in [3.8, 4) is 0 Å². The van der Waals surface area contributed by atoms with Crippen molar-refractivity contribution in [1.29, 1.82) is 0 Å². The summed E-state index contributed by atoms with van der Waals surface area (Å²) >= 11 is 0. The lowest BCUT2D eigenvalue weighted by Crippen LogP contribution is -2.50. The summed E-state index contributed by atoms with van der Waals surface area (Å²) in [6.45, 7) is 11.9. The van der Waals surface area contributed by atoms with Gasteiger partial charge in [0.2, 0.25) is 11.8 Å². The van der Waals surface area contributed by atoms with Gasteiger partial charge < -0.3 is 14.5 Å². The van der Waals surface area contributed by atoms with Gasteiger partial charge in [0, 0.05) is 31.8 Å². The van der Waals surface area contributed by atoms with Gasteiger partial charge in [0.15, 0.2) is 0 Å². The van der Waals surface area contributed by atoms with Crippen LogP contribution in [-0.4, -0.2) is 60.4 Å². The Morgan fingerprint density at radius 2 is 1.72 bits per heavy atom. The molecule has 6 nitrogen and oxygen atoms in total. The molecule has 0 saturated heterocycles. The average molecular weight is 354 g/mol. The molecule has 144 valence electrons. The van der Waals surface area contributed by atoms with Crippen LogP contribution in [0, 0.1) is 0 Å². The lowest BCUT2D eigenvalue weighted by atomic mass is 9.90. The number of carbonyl (C=O) groups excluding carboxylic acids is 3. The fraction of sp³-hybridized carbons (Fsp3) is 0.737. The Morgan fingerprint density at radius 1 is 1.12 bits per heavy atom. The number of esters is 1. The van der Waals surface area contributed by atoms with Crippen molar-refractivity contribution < 1.29 is 19.1 Å². The zero-order valence-electron chi connectivity index (χ0n) is 16.7. The van der Waals surface area contributed by atoms with E-state index in [2.05, 4.69) is 13.5 Å². The second kappa shape index (κ2) is 10.9. The van der Waals surface area contributed by atoms with E-state index in [0.29, 0.717) is 5.57 Å². The van der Waals surface area contributed by atoms with Crippen LogP contribution in [-0.2, 0) is 19.1 Å². The molecule has 0 aromatic carbocycles. The summed E-state index contributed by atoms with van der Waals surface area (Å²) in [7, 11) is 3.31. The third-order valence-corrected chi connectivity index (χ3v) is 4.43. The predicted octanol–water partition coefficient (Wildman–Crippen LogP) is 2.77. The van der Waals surface area contributed by atoms with Gasteiger partial charge in [0.05, 0.1) is 12.8 Å². The summed E-state index contributed by atoms with van der Waals surface area (Å²) in [4.78, 5) is 39.2. The first kappa shape index (κ1) is 23.1. The second-order valence-electron chi connectivity index (χ2n) is 6.85.